The van der Waals surface area contributed by atoms with Gasteiger partial charge in [0.2, 0.25) is 5.95 Å². The predicted octanol–water partition coefficient (Wildman–Crippen LogP) is 3.59. The number of aryl methyl sites for hydroxylation is 2. The van der Waals surface area contributed by atoms with Crippen LogP contribution in [0.4, 0.5) is 11.8 Å². The van der Waals surface area contributed by atoms with E-state index in [1.807, 2.05) is 54.6 Å². The molecule has 1 aliphatic heterocycles. The number of nitrogens with zero attached hydrogens (tertiary/aromatic N) is 5. The summed E-state index contributed by atoms with van der Waals surface area (Å²) < 4.78 is 7.45. The molecule has 0 fully saturated rings. The van der Waals surface area contributed by atoms with Crippen LogP contribution in [0.2, 0.25) is 0 Å². The number of nitrogens with one attached hydrogen (secondary N) is 2. The molecule has 0 saturated heterocycles. The molecular weight excluding hydrogens is 482 g/mol. The Morgan fingerprint density at radius 1 is 1.08 bits per heavy atom. The second-order valence-electron chi connectivity index (χ2n) is 9.32. The number of aromatic nitrogens is 5. The van der Waals surface area contributed by atoms with Crippen molar-refractivity contribution in [2.24, 2.45) is 0 Å². The number of carboxylic acid groups (broad SMARTS) is 1. The molecule has 2 aromatic carbocycles. The standard InChI is InChI=1S/C28H31N7O3/c36-27(37)25(31-28-32-33-34-35(28)19-21-6-2-1-3-7-21)18-20-10-14-24(15-11-20)38-17-5-9-23-13-12-22-8-4-16-29-26(22)30-23/h1-3,6-7,10-15,25H,4-5,8-9,16-19H2,(H,29,30)(H,36,37)(H,31,32,34)/t25-/m0/s1. The maximum atomic E-state index is 12.0. The van der Waals surface area contributed by atoms with Crippen LogP contribution in [0.1, 0.15) is 35.2 Å². The van der Waals surface area contributed by atoms with Crippen LogP contribution < -0.4 is 15.4 Å². The maximum absolute atomic E-state index is 12.0. The fourth-order valence-corrected chi connectivity index (χ4v) is 4.44. The number of tetrazole rings is 1. The van der Waals surface area contributed by atoms with Gasteiger partial charge in [-0.05, 0) is 71.0 Å². The first-order valence-corrected chi connectivity index (χ1v) is 12.9. The Labute approximate surface area is 221 Å². The van der Waals surface area contributed by atoms with E-state index in [1.54, 1.807) is 4.68 Å². The van der Waals surface area contributed by atoms with E-state index >= 15 is 0 Å². The summed E-state index contributed by atoms with van der Waals surface area (Å²) in [7, 11) is 0. The van der Waals surface area contributed by atoms with Crippen molar-refractivity contribution in [2.75, 3.05) is 23.8 Å². The SMILES string of the molecule is O=C(O)[C@H](Cc1ccc(OCCCc2ccc3c(n2)NCCC3)cc1)Nc1nnnn1Cc1ccccc1. The van der Waals surface area contributed by atoms with Crippen molar-refractivity contribution in [2.45, 2.75) is 44.7 Å². The molecule has 10 heteroatoms. The summed E-state index contributed by atoms with van der Waals surface area (Å²) in [4.78, 5) is 16.7. The van der Waals surface area contributed by atoms with E-state index in [9.17, 15) is 9.90 Å². The quantitative estimate of drug-likeness (QED) is 0.244. The Hall–Kier alpha value is -4.47. The van der Waals surface area contributed by atoms with E-state index in [-0.39, 0.29) is 6.42 Å². The number of carbonyl (C=O) groups is 1. The second kappa shape index (κ2) is 12.2. The van der Waals surface area contributed by atoms with Gasteiger partial charge in [0.05, 0.1) is 13.2 Å². The number of carboxylic acids is 1. The highest BCUT2D eigenvalue weighted by molar-refractivity contribution is 5.77. The lowest BCUT2D eigenvalue weighted by molar-refractivity contribution is -0.137. The molecule has 0 unspecified atom stereocenters. The average molecular weight is 514 g/mol. The van der Waals surface area contributed by atoms with Crippen molar-refractivity contribution in [3.8, 4) is 5.75 Å². The predicted molar refractivity (Wildman–Crippen MR) is 143 cm³/mol. The van der Waals surface area contributed by atoms with Gasteiger partial charge in [0, 0.05) is 18.7 Å². The molecule has 38 heavy (non-hydrogen) atoms. The number of pyridine rings is 1. The van der Waals surface area contributed by atoms with Crippen molar-refractivity contribution < 1.29 is 14.6 Å². The molecule has 0 aliphatic carbocycles. The number of ether oxygens (including phenoxy) is 1. The van der Waals surface area contributed by atoms with Crippen LogP contribution in [-0.2, 0) is 30.6 Å². The van der Waals surface area contributed by atoms with E-state index in [1.165, 1.54) is 5.56 Å². The Kier molecular flexibility index (Phi) is 8.07. The zero-order valence-corrected chi connectivity index (χ0v) is 21.1. The van der Waals surface area contributed by atoms with E-state index in [4.69, 9.17) is 9.72 Å². The number of fused-ring (bicyclic) bond motifs is 1. The lowest BCUT2D eigenvalue weighted by atomic mass is 10.1. The Morgan fingerprint density at radius 2 is 1.92 bits per heavy atom. The van der Waals surface area contributed by atoms with Crippen LogP contribution >= 0.6 is 0 Å². The number of benzene rings is 2. The van der Waals surface area contributed by atoms with Gasteiger partial charge >= 0.3 is 5.97 Å². The van der Waals surface area contributed by atoms with Gasteiger partial charge in [-0.1, -0.05) is 53.6 Å². The molecule has 0 saturated carbocycles. The number of anilines is 2. The molecule has 1 aliphatic rings. The first-order valence-electron chi connectivity index (χ1n) is 12.9. The lowest BCUT2D eigenvalue weighted by Crippen LogP contribution is -2.33. The Balaban J connectivity index is 1.11. The number of hydrogen-bond donors (Lipinski definition) is 3. The Bertz CT molecular complexity index is 1340. The van der Waals surface area contributed by atoms with Crippen molar-refractivity contribution in [1.29, 1.82) is 0 Å². The van der Waals surface area contributed by atoms with E-state index in [0.717, 1.165) is 60.6 Å². The minimum absolute atomic E-state index is 0.270. The van der Waals surface area contributed by atoms with Crippen molar-refractivity contribution >= 4 is 17.7 Å². The summed E-state index contributed by atoms with van der Waals surface area (Å²) >= 11 is 0. The third-order valence-electron chi connectivity index (χ3n) is 6.47. The largest absolute Gasteiger partial charge is 0.494 e. The van der Waals surface area contributed by atoms with Gasteiger partial charge in [-0.15, -0.1) is 0 Å². The fraction of sp³-hybridized carbons (Fsp3) is 0.321. The summed E-state index contributed by atoms with van der Waals surface area (Å²) in [5, 5.41) is 27.8. The normalized spacial score (nSPS) is 13.3. The molecule has 3 N–H and O–H groups in total. The van der Waals surface area contributed by atoms with Crippen LogP contribution in [0.15, 0.2) is 66.7 Å². The average Bonchev–Trinajstić information content (AvgIpc) is 3.38. The summed E-state index contributed by atoms with van der Waals surface area (Å²) in [6.07, 6.45) is 4.22. The van der Waals surface area contributed by atoms with Crippen molar-refractivity contribution in [3.63, 3.8) is 0 Å². The van der Waals surface area contributed by atoms with Gasteiger partial charge in [-0.3, -0.25) is 0 Å². The van der Waals surface area contributed by atoms with Crippen LogP contribution in [0.3, 0.4) is 0 Å². The fourth-order valence-electron chi connectivity index (χ4n) is 4.44. The second-order valence-corrected chi connectivity index (χ2v) is 9.32. The monoisotopic (exact) mass is 513 g/mol. The number of hydrogen-bond acceptors (Lipinski definition) is 8. The molecule has 10 nitrogen and oxygen atoms in total. The molecule has 0 bridgehead atoms. The molecule has 0 spiro atoms. The van der Waals surface area contributed by atoms with E-state index in [0.29, 0.717) is 19.1 Å². The van der Waals surface area contributed by atoms with Gasteiger partial charge < -0.3 is 20.5 Å². The first-order chi connectivity index (χ1) is 18.6. The minimum Gasteiger partial charge on any atom is -0.494 e. The molecule has 1 atom stereocenters. The highest BCUT2D eigenvalue weighted by Crippen LogP contribution is 2.20. The molecule has 0 amide bonds. The maximum Gasteiger partial charge on any atom is 0.326 e. The van der Waals surface area contributed by atoms with E-state index in [2.05, 4.69) is 38.3 Å². The third kappa shape index (κ3) is 6.64. The molecule has 2 aromatic heterocycles. The van der Waals surface area contributed by atoms with Gasteiger partial charge in [0.1, 0.15) is 17.6 Å². The van der Waals surface area contributed by atoms with Crippen LogP contribution in [0.5, 0.6) is 5.75 Å². The van der Waals surface area contributed by atoms with Gasteiger partial charge in [-0.25, -0.2) is 14.5 Å². The molecule has 5 rings (SSSR count). The van der Waals surface area contributed by atoms with Gasteiger partial charge in [0.15, 0.2) is 0 Å². The van der Waals surface area contributed by atoms with Gasteiger partial charge in [-0.2, -0.15) is 0 Å². The van der Waals surface area contributed by atoms with Crippen LogP contribution in [0, 0.1) is 0 Å². The summed E-state index contributed by atoms with van der Waals surface area (Å²) in [6, 6.07) is 20.6. The summed E-state index contributed by atoms with van der Waals surface area (Å²) in [6.45, 7) is 2.00. The molecule has 3 heterocycles. The summed E-state index contributed by atoms with van der Waals surface area (Å²) in [5.41, 5.74) is 4.24. The molecule has 196 valence electrons. The van der Waals surface area contributed by atoms with Gasteiger partial charge in [0.25, 0.3) is 0 Å². The highest BCUT2D eigenvalue weighted by atomic mass is 16.5. The molecule has 4 aromatic rings. The van der Waals surface area contributed by atoms with Crippen LogP contribution in [-0.4, -0.2) is 55.5 Å². The smallest absolute Gasteiger partial charge is 0.326 e. The summed E-state index contributed by atoms with van der Waals surface area (Å²) in [5.74, 6) is 1.10. The zero-order valence-electron chi connectivity index (χ0n) is 21.1. The first kappa shape index (κ1) is 25.2. The zero-order chi connectivity index (χ0) is 26.2. The van der Waals surface area contributed by atoms with Crippen LogP contribution in [0.25, 0.3) is 0 Å². The highest BCUT2D eigenvalue weighted by Gasteiger charge is 2.21. The van der Waals surface area contributed by atoms with Crippen molar-refractivity contribution in [1.82, 2.24) is 25.2 Å². The topological polar surface area (TPSA) is 127 Å². The van der Waals surface area contributed by atoms with Crippen molar-refractivity contribution in [3.05, 3.63) is 89.1 Å². The molecular formula is C28H31N7O3. The lowest BCUT2D eigenvalue weighted by Gasteiger charge is -2.17. The number of rotatable bonds is 12. The molecule has 0 radical (unpaired) electrons. The Morgan fingerprint density at radius 3 is 2.74 bits per heavy atom. The minimum atomic E-state index is -0.981. The van der Waals surface area contributed by atoms with E-state index < -0.39 is 12.0 Å². The third-order valence-corrected chi connectivity index (χ3v) is 6.47. The number of aliphatic carboxylic acids is 1.